The van der Waals surface area contributed by atoms with Crippen molar-refractivity contribution in [1.29, 1.82) is 0 Å². The van der Waals surface area contributed by atoms with Crippen LogP contribution in [0.3, 0.4) is 0 Å². The first kappa shape index (κ1) is 32.6. The quantitative estimate of drug-likeness (QED) is 0.0997. The van der Waals surface area contributed by atoms with E-state index in [2.05, 4.69) is 12.2 Å². The number of hydrogen-bond acceptors (Lipinski definition) is 4. The van der Waals surface area contributed by atoms with Gasteiger partial charge in [-0.3, -0.25) is 13.8 Å². The van der Waals surface area contributed by atoms with Crippen molar-refractivity contribution in [2.45, 2.75) is 135 Å². The normalized spacial score (nSPS) is 20.5. The Hall–Kier alpha value is -0.460. The third-order valence-electron chi connectivity index (χ3n) is 6.80. The topological polar surface area (TPSA) is 84.9 Å². The molecule has 1 aliphatic rings. The molecule has 1 unspecified atom stereocenters. The van der Waals surface area contributed by atoms with Crippen molar-refractivity contribution < 1.29 is 27.8 Å². The van der Waals surface area contributed by atoms with Crippen LogP contribution < -0.4 is 5.32 Å². The van der Waals surface area contributed by atoms with Crippen molar-refractivity contribution >= 4 is 13.7 Å². The van der Waals surface area contributed by atoms with Gasteiger partial charge in [0.2, 0.25) is 5.91 Å². The van der Waals surface area contributed by atoms with E-state index < -0.39 is 7.82 Å². The molecule has 2 N–H and O–H groups in total. The summed E-state index contributed by atoms with van der Waals surface area (Å²) in [6.07, 6.45) is 20.1. The standard InChI is InChI=1S/C27H55N2O5P/c1-5-6-7-8-9-10-11-12-13-14-15-16-17-21-27(30)28-25-19-18-20-26(24-25)34-35(31,32)33-23-22-29(2,3)4/h25-26H,5-24H2,1-4H3,(H-,28,30,31,32)/p+1/t25-,26-/m0/s1. The maximum absolute atomic E-state index is 12.4. The molecule has 1 fully saturated rings. The summed E-state index contributed by atoms with van der Waals surface area (Å²) in [5.74, 6) is 0.0881. The molecule has 0 heterocycles. The van der Waals surface area contributed by atoms with Crippen molar-refractivity contribution in [3.05, 3.63) is 0 Å². The zero-order valence-corrected chi connectivity index (χ0v) is 24.2. The van der Waals surface area contributed by atoms with Gasteiger partial charge in [0.05, 0.1) is 27.2 Å². The fourth-order valence-electron chi connectivity index (χ4n) is 4.62. The highest BCUT2D eigenvalue weighted by Crippen LogP contribution is 2.46. The lowest BCUT2D eigenvalue weighted by Gasteiger charge is -2.30. The van der Waals surface area contributed by atoms with Crippen LogP contribution in [-0.2, 0) is 18.4 Å². The Bertz CT molecular complexity index is 597. The summed E-state index contributed by atoms with van der Waals surface area (Å²) in [5, 5.41) is 3.11. The number of hydrogen-bond donors (Lipinski definition) is 2. The van der Waals surface area contributed by atoms with Gasteiger partial charge in [0.15, 0.2) is 0 Å². The lowest BCUT2D eigenvalue weighted by atomic mass is 9.93. The van der Waals surface area contributed by atoms with Crippen molar-refractivity contribution in [2.75, 3.05) is 34.3 Å². The SMILES string of the molecule is CCCCCCCCCCCCCCCC(=O)N[C@H]1CCC[C@H](OP(=O)(O)OCC[N+](C)(C)C)C1. The minimum Gasteiger partial charge on any atom is -0.353 e. The van der Waals surface area contributed by atoms with E-state index in [0.29, 0.717) is 30.3 Å². The number of unbranched alkanes of at least 4 members (excludes halogenated alkanes) is 12. The first-order chi connectivity index (χ1) is 16.6. The fraction of sp³-hybridized carbons (Fsp3) is 0.963. The highest BCUT2D eigenvalue weighted by molar-refractivity contribution is 7.47. The summed E-state index contributed by atoms with van der Waals surface area (Å²) in [7, 11) is 1.92. The van der Waals surface area contributed by atoms with Gasteiger partial charge in [-0.05, 0) is 32.1 Å². The van der Waals surface area contributed by atoms with Gasteiger partial charge < -0.3 is 14.7 Å². The van der Waals surface area contributed by atoms with Crippen LogP contribution in [0.2, 0.25) is 0 Å². The molecule has 1 amide bonds. The number of nitrogens with one attached hydrogen (secondary N) is 1. The number of phosphoric acid groups is 1. The predicted molar refractivity (Wildman–Crippen MR) is 144 cm³/mol. The zero-order valence-electron chi connectivity index (χ0n) is 23.3. The van der Waals surface area contributed by atoms with Crippen molar-refractivity contribution in [1.82, 2.24) is 5.32 Å². The smallest absolute Gasteiger partial charge is 0.353 e. The van der Waals surface area contributed by atoms with Gasteiger partial charge in [0, 0.05) is 12.5 Å². The van der Waals surface area contributed by atoms with Gasteiger partial charge in [-0.1, -0.05) is 84.0 Å². The average Bonchev–Trinajstić information content (AvgIpc) is 2.75. The molecule has 0 aromatic carbocycles. The second-order valence-electron chi connectivity index (χ2n) is 11.5. The number of phosphoric ester groups is 1. The molecule has 0 saturated heterocycles. The Kier molecular flexibility index (Phi) is 17.4. The highest BCUT2D eigenvalue weighted by atomic mass is 31.2. The summed E-state index contributed by atoms with van der Waals surface area (Å²) >= 11 is 0. The van der Waals surface area contributed by atoms with E-state index in [-0.39, 0.29) is 24.7 Å². The number of rotatable bonds is 21. The van der Waals surface area contributed by atoms with Gasteiger partial charge in [-0.15, -0.1) is 0 Å². The molecule has 0 radical (unpaired) electrons. The lowest BCUT2D eigenvalue weighted by Crippen LogP contribution is -2.40. The van der Waals surface area contributed by atoms with Gasteiger partial charge in [-0.25, -0.2) is 4.57 Å². The average molecular weight is 520 g/mol. The predicted octanol–water partition coefficient (Wildman–Crippen LogP) is 6.73. The second kappa shape index (κ2) is 18.7. The Balaban J connectivity index is 2.06. The number of nitrogens with zero attached hydrogens (tertiary/aromatic N) is 1. The summed E-state index contributed by atoms with van der Waals surface area (Å²) in [5.41, 5.74) is 0. The molecule has 1 aliphatic carbocycles. The minimum atomic E-state index is -4.07. The Morgan fingerprint density at radius 2 is 1.46 bits per heavy atom. The van der Waals surface area contributed by atoms with Crippen molar-refractivity contribution in [3.8, 4) is 0 Å². The molecule has 0 bridgehead atoms. The van der Waals surface area contributed by atoms with Crippen LogP contribution in [0.4, 0.5) is 0 Å². The number of carbonyl (C=O) groups is 1. The lowest BCUT2D eigenvalue weighted by molar-refractivity contribution is -0.870. The van der Waals surface area contributed by atoms with Crippen molar-refractivity contribution in [3.63, 3.8) is 0 Å². The number of likely N-dealkylation sites (N-methyl/N-ethyl adjacent to an activating group) is 1. The van der Waals surface area contributed by atoms with E-state index in [1.807, 2.05) is 21.1 Å². The monoisotopic (exact) mass is 519 g/mol. The molecule has 7 nitrogen and oxygen atoms in total. The number of amides is 1. The van der Waals surface area contributed by atoms with Gasteiger partial charge in [0.1, 0.15) is 13.2 Å². The maximum Gasteiger partial charge on any atom is 0.472 e. The molecule has 0 aromatic rings. The number of quaternary nitrogens is 1. The van der Waals surface area contributed by atoms with E-state index in [4.69, 9.17) is 9.05 Å². The second-order valence-corrected chi connectivity index (χ2v) is 12.9. The summed E-state index contributed by atoms with van der Waals surface area (Å²) in [6, 6.07) is 0.00876. The van der Waals surface area contributed by atoms with Gasteiger partial charge in [-0.2, -0.15) is 0 Å². The molecule has 8 heteroatoms. The van der Waals surface area contributed by atoms with E-state index in [0.717, 1.165) is 25.7 Å². The van der Waals surface area contributed by atoms with Crippen molar-refractivity contribution in [2.24, 2.45) is 0 Å². The molecule has 3 atom stereocenters. The first-order valence-electron chi connectivity index (χ1n) is 14.4. The van der Waals surface area contributed by atoms with Crippen LogP contribution in [-0.4, -0.2) is 61.7 Å². The third kappa shape index (κ3) is 19.3. The van der Waals surface area contributed by atoms with Crippen LogP contribution in [0.25, 0.3) is 0 Å². The van der Waals surface area contributed by atoms with Gasteiger partial charge in [0.25, 0.3) is 0 Å². The van der Waals surface area contributed by atoms with Gasteiger partial charge >= 0.3 is 7.82 Å². The largest absolute Gasteiger partial charge is 0.472 e. The minimum absolute atomic E-state index is 0.00876. The van der Waals surface area contributed by atoms with E-state index in [1.54, 1.807) is 0 Å². The molecule has 1 saturated carbocycles. The maximum atomic E-state index is 12.4. The van der Waals surface area contributed by atoms with E-state index in [1.165, 1.54) is 70.6 Å². The zero-order chi connectivity index (χ0) is 26.0. The summed E-state index contributed by atoms with van der Waals surface area (Å²) in [6.45, 7) is 3.05. The number of carbonyl (C=O) groups excluding carboxylic acids is 1. The Labute approximate surface area is 215 Å². The summed E-state index contributed by atoms with van der Waals surface area (Å²) < 4.78 is 23.5. The molecule has 0 aliphatic heterocycles. The fourth-order valence-corrected chi connectivity index (χ4v) is 5.57. The molecular weight excluding hydrogens is 463 g/mol. The molecule has 1 rings (SSSR count). The molecule has 208 valence electrons. The molecule has 0 spiro atoms. The van der Waals surface area contributed by atoms with E-state index in [9.17, 15) is 14.3 Å². The van der Waals surface area contributed by atoms with Crippen LogP contribution in [0.5, 0.6) is 0 Å². The van der Waals surface area contributed by atoms with E-state index >= 15 is 0 Å². The summed E-state index contributed by atoms with van der Waals surface area (Å²) in [4.78, 5) is 22.4. The van der Waals surface area contributed by atoms with Crippen LogP contribution >= 0.6 is 7.82 Å². The van der Waals surface area contributed by atoms with Crippen LogP contribution in [0.1, 0.15) is 122 Å². The Morgan fingerprint density at radius 3 is 2.00 bits per heavy atom. The molecule has 35 heavy (non-hydrogen) atoms. The molecular formula is C27H56N2O5P+. The highest BCUT2D eigenvalue weighted by Gasteiger charge is 2.31. The van der Waals surface area contributed by atoms with Crippen LogP contribution in [0, 0.1) is 0 Å². The Morgan fingerprint density at radius 1 is 0.914 bits per heavy atom. The van der Waals surface area contributed by atoms with Crippen LogP contribution in [0.15, 0.2) is 0 Å². The molecule has 0 aromatic heterocycles. The first-order valence-corrected chi connectivity index (χ1v) is 15.9. The third-order valence-corrected chi connectivity index (χ3v) is 7.87.